The van der Waals surface area contributed by atoms with E-state index in [0.717, 1.165) is 29.6 Å². The van der Waals surface area contributed by atoms with Gasteiger partial charge in [0.15, 0.2) is 5.58 Å². The normalized spacial score (nSPS) is 17.3. The van der Waals surface area contributed by atoms with E-state index in [2.05, 4.69) is 9.98 Å². The van der Waals surface area contributed by atoms with E-state index in [1.807, 2.05) is 12.1 Å². The lowest BCUT2D eigenvalue weighted by Crippen LogP contribution is -1.99. The largest absolute Gasteiger partial charge is 0.457 e. The van der Waals surface area contributed by atoms with Crippen LogP contribution < -0.4 is 0 Å². The molecule has 2 heterocycles. The molecule has 1 fully saturated rings. The molecule has 0 spiro atoms. The number of pyridine rings is 1. The van der Waals surface area contributed by atoms with E-state index in [1.54, 1.807) is 18.5 Å². The lowest BCUT2D eigenvalue weighted by molar-refractivity contribution is 0.481. The number of aromatic nitrogens is 1. The molecule has 1 aliphatic carbocycles. The molecule has 0 radical (unpaired) electrons. The highest BCUT2D eigenvalue weighted by molar-refractivity contribution is 5.77. The zero-order valence-corrected chi connectivity index (χ0v) is 7.93. The van der Waals surface area contributed by atoms with E-state index >= 15 is 0 Å². The lowest BCUT2D eigenvalue weighted by atomic mass is 10.2. The highest BCUT2D eigenvalue weighted by Crippen LogP contribution is 2.50. The van der Waals surface area contributed by atoms with Crippen molar-refractivity contribution in [2.24, 2.45) is 4.99 Å². The Balaban J connectivity index is 2.16. The third-order valence-electron chi connectivity index (χ3n) is 2.76. The Hall–Kier alpha value is -1.93. The van der Waals surface area contributed by atoms with Crippen molar-refractivity contribution in [1.29, 1.82) is 0 Å². The number of fused-ring (bicyclic) bond motifs is 1. The van der Waals surface area contributed by atoms with E-state index in [-0.39, 0.29) is 0 Å². The van der Waals surface area contributed by atoms with Crippen LogP contribution in [0.1, 0.15) is 18.6 Å². The SMILES string of the molecule is O=C=NC1(c2cc3ccncc3o2)CC1. The van der Waals surface area contributed by atoms with Crippen LogP contribution in [0.2, 0.25) is 0 Å². The standard InChI is InChI=1S/C11H8N2O2/c14-7-13-11(2-3-11)10-5-8-1-4-12-6-9(8)15-10/h1,4-6H,2-3H2. The number of rotatable bonds is 2. The molecule has 0 unspecified atom stereocenters. The second-order valence-electron chi connectivity index (χ2n) is 3.76. The number of aliphatic imine (C=N–C) groups is 1. The summed E-state index contributed by atoms with van der Waals surface area (Å²) in [4.78, 5) is 18.1. The zero-order chi connectivity index (χ0) is 10.3. The average Bonchev–Trinajstić information content (AvgIpc) is 2.91. The molecule has 0 bridgehead atoms. The first kappa shape index (κ1) is 8.38. The Morgan fingerprint density at radius 3 is 3.07 bits per heavy atom. The molecular formula is C11H8N2O2. The van der Waals surface area contributed by atoms with Gasteiger partial charge in [-0.25, -0.2) is 4.79 Å². The van der Waals surface area contributed by atoms with Crippen molar-refractivity contribution in [3.05, 3.63) is 30.3 Å². The summed E-state index contributed by atoms with van der Waals surface area (Å²) in [6, 6.07) is 3.80. The summed E-state index contributed by atoms with van der Waals surface area (Å²) in [5.41, 5.74) is 0.306. The summed E-state index contributed by atoms with van der Waals surface area (Å²) >= 11 is 0. The molecule has 0 aliphatic heterocycles. The van der Waals surface area contributed by atoms with Crippen LogP contribution in [0, 0.1) is 0 Å². The summed E-state index contributed by atoms with van der Waals surface area (Å²) < 4.78 is 5.61. The van der Waals surface area contributed by atoms with E-state index in [0.29, 0.717) is 0 Å². The van der Waals surface area contributed by atoms with Crippen molar-refractivity contribution in [3.63, 3.8) is 0 Å². The third kappa shape index (κ3) is 1.19. The fourth-order valence-electron chi connectivity index (χ4n) is 1.73. The summed E-state index contributed by atoms with van der Waals surface area (Å²) in [5.74, 6) is 0.744. The summed E-state index contributed by atoms with van der Waals surface area (Å²) in [6.07, 6.45) is 6.70. The van der Waals surface area contributed by atoms with Gasteiger partial charge in [0.2, 0.25) is 6.08 Å². The lowest BCUT2D eigenvalue weighted by Gasteiger charge is -2.00. The molecule has 0 amide bonds. The number of nitrogens with zero attached hydrogens (tertiary/aromatic N) is 2. The van der Waals surface area contributed by atoms with Gasteiger partial charge in [-0.2, -0.15) is 4.99 Å². The average molecular weight is 200 g/mol. The topological polar surface area (TPSA) is 55.5 Å². The fraction of sp³-hybridized carbons (Fsp3) is 0.273. The molecule has 0 aromatic carbocycles. The van der Waals surface area contributed by atoms with E-state index in [9.17, 15) is 4.79 Å². The van der Waals surface area contributed by atoms with Crippen LogP contribution in [-0.4, -0.2) is 11.1 Å². The third-order valence-corrected chi connectivity index (χ3v) is 2.76. The first-order chi connectivity index (χ1) is 7.34. The van der Waals surface area contributed by atoms with E-state index in [4.69, 9.17) is 4.42 Å². The first-order valence-corrected chi connectivity index (χ1v) is 4.77. The number of carbonyl (C=O) groups excluding carboxylic acids is 1. The highest BCUT2D eigenvalue weighted by Gasteiger charge is 2.48. The molecular weight excluding hydrogens is 192 g/mol. The zero-order valence-electron chi connectivity index (χ0n) is 7.93. The van der Waals surface area contributed by atoms with Crippen LogP contribution in [0.5, 0.6) is 0 Å². The number of furan rings is 1. The van der Waals surface area contributed by atoms with Crippen LogP contribution in [0.15, 0.2) is 33.9 Å². The molecule has 2 aromatic rings. The maximum absolute atomic E-state index is 10.3. The van der Waals surface area contributed by atoms with Crippen LogP contribution >= 0.6 is 0 Å². The van der Waals surface area contributed by atoms with Crippen LogP contribution in [0.3, 0.4) is 0 Å². The Morgan fingerprint density at radius 1 is 1.53 bits per heavy atom. The predicted molar refractivity (Wildman–Crippen MR) is 53.0 cm³/mol. The molecule has 2 aromatic heterocycles. The van der Waals surface area contributed by atoms with Gasteiger partial charge in [-0.3, -0.25) is 4.98 Å². The molecule has 15 heavy (non-hydrogen) atoms. The van der Waals surface area contributed by atoms with Crippen molar-refractivity contribution < 1.29 is 9.21 Å². The van der Waals surface area contributed by atoms with Crippen molar-refractivity contribution in [3.8, 4) is 0 Å². The highest BCUT2D eigenvalue weighted by atomic mass is 16.3. The van der Waals surface area contributed by atoms with Crippen molar-refractivity contribution in [1.82, 2.24) is 4.98 Å². The summed E-state index contributed by atoms with van der Waals surface area (Å²) in [7, 11) is 0. The van der Waals surface area contributed by atoms with E-state index < -0.39 is 5.54 Å². The first-order valence-electron chi connectivity index (χ1n) is 4.77. The van der Waals surface area contributed by atoms with Gasteiger partial charge in [0.25, 0.3) is 0 Å². The molecule has 1 aliphatic rings. The predicted octanol–water partition coefficient (Wildman–Crippen LogP) is 2.15. The van der Waals surface area contributed by atoms with E-state index in [1.165, 1.54) is 0 Å². The van der Waals surface area contributed by atoms with Gasteiger partial charge in [-0.05, 0) is 25.0 Å². The summed E-state index contributed by atoms with van der Waals surface area (Å²) in [6.45, 7) is 0. The Morgan fingerprint density at radius 2 is 2.40 bits per heavy atom. The molecule has 0 saturated heterocycles. The Bertz CT molecular complexity index is 530. The van der Waals surface area contributed by atoms with Gasteiger partial charge in [0.1, 0.15) is 11.3 Å². The molecule has 0 N–H and O–H groups in total. The van der Waals surface area contributed by atoms with Crippen molar-refractivity contribution in [2.75, 3.05) is 0 Å². The fourth-order valence-corrected chi connectivity index (χ4v) is 1.73. The molecule has 1 saturated carbocycles. The maximum Gasteiger partial charge on any atom is 0.235 e. The number of isocyanates is 1. The second-order valence-corrected chi connectivity index (χ2v) is 3.76. The van der Waals surface area contributed by atoms with Gasteiger partial charge < -0.3 is 4.42 Å². The van der Waals surface area contributed by atoms with Crippen LogP contribution in [0.4, 0.5) is 0 Å². The molecule has 3 rings (SSSR count). The minimum atomic E-state index is -0.430. The smallest absolute Gasteiger partial charge is 0.235 e. The monoisotopic (exact) mass is 200 g/mol. The number of hydrogen-bond donors (Lipinski definition) is 0. The maximum atomic E-state index is 10.3. The minimum Gasteiger partial charge on any atom is -0.457 e. The van der Waals surface area contributed by atoms with Crippen molar-refractivity contribution in [2.45, 2.75) is 18.4 Å². The molecule has 4 heteroatoms. The second kappa shape index (κ2) is 2.78. The van der Waals surface area contributed by atoms with Crippen LogP contribution in [-0.2, 0) is 10.3 Å². The molecule has 74 valence electrons. The van der Waals surface area contributed by atoms with Crippen LogP contribution in [0.25, 0.3) is 11.0 Å². The quantitative estimate of drug-likeness (QED) is 0.551. The van der Waals surface area contributed by atoms with Crippen molar-refractivity contribution >= 4 is 17.0 Å². The van der Waals surface area contributed by atoms with Gasteiger partial charge >= 0.3 is 0 Å². The molecule has 0 atom stereocenters. The Labute approximate surface area is 85.6 Å². The van der Waals surface area contributed by atoms with Gasteiger partial charge in [0.05, 0.1) is 6.20 Å². The number of hydrogen-bond acceptors (Lipinski definition) is 4. The molecule has 4 nitrogen and oxygen atoms in total. The summed E-state index contributed by atoms with van der Waals surface area (Å²) in [5, 5.41) is 0.993. The minimum absolute atomic E-state index is 0.430. The van der Waals surface area contributed by atoms with Gasteiger partial charge in [-0.1, -0.05) is 0 Å². The van der Waals surface area contributed by atoms with Gasteiger partial charge in [-0.15, -0.1) is 0 Å². The van der Waals surface area contributed by atoms with Gasteiger partial charge in [0, 0.05) is 11.6 Å². The Kier molecular flexibility index (Phi) is 1.55.